The molecule has 0 bridgehead atoms. The minimum Gasteiger partial charge on any atom is -0.349 e. The number of nitrogens with one attached hydrogen (secondary N) is 1. The molecule has 6 nitrogen and oxygen atoms in total. The first-order valence-electron chi connectivity index (χ1n) is 13.4. The molecule has 2 atom stereocenters. The number of amides is 1. The fourth-order valence-corrected chi connectivity index (χ4v) is 5.26. The van der Waals surface area contributed by atoms with Crippen molar-refractivity contribution in [3.05, 3.63) is 83.0 Å². The minimum absolute atomic E-state index is 0.00932. The van der Waals surface area contributed by atoms with Crippen LogP contribution in [0.5, 0.6) is 0 Å². The smallest absolute Gasteiger partial charge is 0.229 e. The number of hydrogen-bond acceptors (Lipinski definition) is 5. The third-order valence-corrected chi connectivity index (χ3v) is 7.74. The van der Waals surface area contributed by atoms with Gasteiger partial charge in [-0.15, -0.1) is 0 Å². The van der Waals surface area contributed by atoms with E-state index in [-0.39, 0.29) is 35.8 Å². The first kappa shape index (κ1) is 25.5. The third kappa shape index (κ3) is 6.60. The molecule has 3 aromatic rings. The quantitative estimate of drug-likeness (QED) is 0.410. The minimum atomic E-state index is -0.485. The summed E-state index contributed by atoms with van der Waals surface area (Å²) in [6, 6.07) is 13.6. The van der Waals surface area contributed by atoms with Crippen LogP contribution in [0.1, 0.15) is 79.7 Å². The number of rotatable bonds is 9. The predicted molar refractivity (Wildman–Crippen MR) is 136 cm³/mol. The van der Waals surface area contributed by atoms with Gasteiger partial charge in [-0.2, -0.15) is 4.98 Å². The van der Waals surface area contributed by atoms with Crippen molar-refractivity contribution in [1.29, 1.82) is 0 Å². The molecular formula is C29H34F2N4O2. The summed E-state index contributed by atoms with van der Waals surface area (Å²) in [5, 5.41) is 7.33. The zero-order valence-corrected chi connectivity index (χ0v) is 21.0. The lowest BCUT2D eigenvalue weighted by atomic mass is 9.84. The molecule has 196 valence electrons. The molecule has 1 N–H and O–H groups in total. The molecule has 5 rings (SSSR count). The van der Waals surface area contributed by atoms with Crippen molar-refractivity contribution in [3.63, 3.8) is 0 Å². The third-order valence-electron chi connectivity index (χ3n) is 7.74. The highest BCUT2D eigenvalue weighted by molar-refractivity contribution is 5.79. The summed E-state index contributed by atoms with van der Waals surface area (Å²) in [6.45, 7) is 2.77. The topological polar surface area (TPSA) is 71.3 Å². The maximum Gasteiger partial charge on any atom is 0.229 e. The van der Waals surface area contributed by atoms with E-state index in [1.165, 1.54) is 6.07 Å². The number of aromatic nitrogens is 2. The van der Waals surface area contributed by atoms with E-state index in [1.54, 1.807) is 0 Å². The van der Waals surface area contributed by atoms with Crippen molar-refractivity contribution in [3.8, 4) is 0 Å². The molecule has 0 radical (unpaired) electrons. The fraction of sp³-hybridized carbons (Fsp3) is 0.483. The molecule has 2 fully saturated rings. The summed E-state index contributed by atoms with van der Waals surface area (Å²) in [6.07, 6.45) is 6.92. The van der Waals surface area contributed by atoms with Crippen LogP contribution in [0.3, 0.4) is 0 Å². The molecule has 8 heteroatoms. The van der Waals surface area contributed by atoms with Crippen LogP contribution in [0.2, 0.25) is 0 Å². The van der Waals surface area contributed by atoms with Gasteiger partial charge in [-0.05, 0) is 80.9 Å². The Balaban J connectivity index is 1.16. The summed E-state index contributed by atoms with van der Waals surface area (Å²) in [5.74, 6) is 0.476. The molecule has 2 aromatic carbocycles. The lowest BCUT2D eigenvalue weighted by Gasteiger charge is -2.29. The van der Waals surface area contributed by atoms with Crippen LogP contribution in [0, 0.1) is 17.6 Å². The first-order valence-corrected chi connectivity index (χ1v) is 13.4. The van der Waals surface area contributed by atoms with Gasteiger partial charge in [0.1, 0.15) is 11.6 Å². The van der Waals surface area contributed by atoms with Crippen molar-refractivity contribution in [2.24, 2.45) is 5.92 Å². The molecule has 1 saturated carbocycles. The van der Waals surface area contributed by atoms with Crippen molar-refractivity contribution in [2.75, 3.05) is 19.6 Å². The highest BCUT2D eigenvalue weighted by atomic mass is 19.1. The SMILES string of the molecule is O=C(NC(CCN1CCCC(c2nc(Cc3cc(F)ccc3F)no2)CC1)c1ccccc1)C1CCC1. The van der Waals surface area contributed by atoms with E-state index in [9.17, 15) is 13.6 Å². The summed E-state index contributed by atoms with van der Waals surface area (Å²) >= 11 is 0. The molecule has 37 heavy (non-hydrogen) atoms. The summed E-state index contributed by atoms with van der Waals surface area (Å²) in [4.78, 5) is 19.6. The fourth-order valence-electron chi connectivity index (χ4n) is 5.26. The average molecular weight is 509 g/mol. The van der Waals surface area contributed by atoms with Gasteiger partial charge < -0.3 is 14.7 Å². The van der Waals surface area contributed by atoms with Crippen LogP contribution in [-0.4, -0.2) is 40.6 Å². The first-order chi connectivity index (χ1) is 18.0. The van der Waals surface area contributed by atoms with Crippen molar-refractivity contribution >= 4 is 5.91 Å². The zero-order chi connectivity index (χ0) is 25.6. The molecule has 1 aliphatic heterocycles. The molecule has 1 aliphatic carbocycles. The van der Waals surface area contributed by atoms with Gasteiger partial charge in [-0.1, -0.05) is 41.9 Å². The van der Waals surface area contributed by atoms with Crippen molar-refractivity contribution in [2.45, 2.75) is 63.3 Å². The number of nitrogens with zero attached hydrogens (tertiary/aromatic N) is 3. The summed E-state index contributed by atoms with van der Waals surface area (Å²) < 4.78 is 33.0. The maximum atomic E-state index is 14.0. The molecule has 1 aromatic heterocycles. The Bertz CT molecular complexity index is 1180. The summed E-state index contributed by atoms with van der Waals surface area (Å²) in [5.41, 5.74) is 1.37. The van der Waals surface area contributed by atoms with E-state index >= 15 is 0 Å². The van der Waals surface area contributed by atoms with E-state index in [2.05, 4.69) is 32.5 Å². The molecule has 2 unspecified atom stereocenters. The van der Waals surface area contributed by atoms with Crippen LogP contribution in [0.25, 0.3) is 0 Å². The lowest BCUT2D eigenvalue weighted by Crippen LogP contribution is -2.38. The summed E-state index contributed by atoms with van der Waals surface area (Å²) in [7, 11) is 0. The van der Waals surface area contributed by atoms with E-state index < -0.39 is 11.6 Å². The monoisotopic (exact) mass is 508 g/mol. The van der Waals surface area contributed by atoms with Gasteiger partial charge in [0.05, 0.1) is 6.04 Å². The number of hydrogen-bond donors (Lipinski definition) is 1. The van der Waals surface area contributed by atoms with Crippen LogP contribution in [0.15, 0.2) is 53.1 Å². The Kier molecular flexibility index (Phi) is 8.24. The molecular weight excluding hydrogens is 474 g/mol. The second-order valence-corrected chi connectivity index (χ2v) is 10.3. The standard InChI is InChI=1S/C29H34F2N4O2/c30-24-11-12-25(31)23(18-24)19-27-33-29(37-34-27)22-10-5-15-35(16-13-22)17-14-26(20-6-2-1-3-7-20)32-28(36)21-8-4-9-21/h1-3,6-7,11-12,18,21-22,26H,4-5,8-10,13-17,19H2,(H,32,36). The highest BCUT2D eigenvalue weighted by Crippen LogP contribution is 2.30. The second kappa shape index (κ2) is 11.9. The number of carbonyl (C=O) groups excluding carboxylic acids is 1. The Morgan fingerprint density at radius 3 is 2.68 bits per heavy atom. The zero-order valence-electron chi connectivity index (χ0n) is 21.0. The number of halogens is 2. The largest absolute Gasteiger partial charge is 0.349 e. The normalized spacial score (nSPS) is 19.7. The van der Waals surface area contributed by atoms with Crippen LogP contribution in [-0.2, 0) is 11.2 Å². The van der Waals surface area contributed by atoms with Gasteiger partial charge in [0.25, 0.3) is 0 Å². The van der Waals surface area contributed by atoms with Crippen LogP contribution >= 0.6 is 0 Å². The van der Waals surface area contributed by atoms with Crippen molar-refractivity contribution < 1.29 is 18.1 Å². The van der Waals surface area contributed by atoms with E-state index in [0.717, 1.165) is 82.3 Å². The van der Waals surface area contributed by atoms with Gasteiger partial charge >= 0.3 is 0 Å². The Hall–Kier alpha value is -3.13. The number of carbonyl (C=O) groups is 1. The maximum absolute atomic E-state index is 14.0. The van der Waals surface area contributed by atoms with E-state index in [4.69, 9.17) is 4.52 Å². The van der Waals surface area contributed by atoms with Gasteiger partial charge in [0.2, 0.25) is 11.8 Å². The van der Waals surface area contributed by atoms with Gasteiger partial charge in [-0.3, -0.25) is 4.79 Å². The van der Waals surface area contributed by atoms with Gasteiger partial charge in [0, 0.05) is 24.8 Å². The van der Waals surface area contributed by atoms with Crippen molar-refractivity contribution in [1.82, 2.24) is 20.4 Å². The molecule has 2 aliphatic rings. The number of benzene rings is 2. The van der Waals surface area contributed by atoms with Crippen LogP contribution < -0.4 is 5.32 Å². The predicted octanol–water partition coefficient (Wildman–Crippen LogP) is 5.56. The van der Waals surface area contributed by atoms with Gasteiger partial charge in [0.15, 0.2) is 5.82 Å². The molecule has 0 spiro atoms. The number of likely N-dealkylation sites (tertiary alicyclic amines) is 1. The lowest BCUT2D eigenvalue weighted by molar-refractivity contribution is -0.128. The average Bonchev–Trinajstić information content (AvgIpc) is 3.20. The highest BCUT2D eigenvalue weighted by Gasteiger charge is 2.28. The molecule has 1 saturated heterocycles. The Morgan fingerprint density at radius 1 is 1.05 bits per heavy atom. The second-order valence-electron chi connectivity index (χ2n) is 10.3. The van der Waals surface area contributed by atoms with E-state index in [0.29, 0.717) is 11.7 Å². The van der Waals surface area contributed by atoms with Crippen LogP contribution in [0.4, 0.5) is 8.78 Å². The Morgan fingerprint density at radius 2 is 1.89 bits per heavy atom. The van der Waals surface area contributed by atoms with Gasteiger partial charge in [-0.25, -0.2) is 8.78 Å². The molecule has 2 heterocycles. The Labute approximate surface area is 216 Å². The van der Waals surface area contributed by atoms with E-state index in [1.807, 2.05) is 18.2 Å². The molecule has 1 amide bonds.